The van der Waals surface area contributed by atoms with Gasteiger partial charge >= 0.3 is 0 Å². The first-order chi connectivity index (χ1) is 18.9. The summed E-state index contributed by atoms with van der Waals surface area (Å²) in [6, 6.07) is 2.87. The van der Waals surface area contributed by atoms with Gasteiger partial charge in [0.25, 0.3) is 0 Å². The number of nitrogens with two attached hydrogens (primary N) is 5. The first-order valence-electron chi connectivity index (χ1n) is 13.7. The zero-order valence-corrected chi connectivity index (χ0v) is 23.7. The molecular formula is C26H45N5O8S. The summed E-state index contributed by atoms with van der Waals surface area (Å²) in [5, 5.41) is 43.0. The quantitative estimate of drug-likeness (QED) is 0.139. The summed E-state index contributed by atoms with van der Waals surface area (Å²) in [5.74, 6) is 0.355. The van der Waals surface area contributed by atoms with Crippen molar-refractivity contribution in [3.05, 3.63) is 29.3 Å². The van der Waals surface area contributed by atoms with Crippen molar-refractivity contribution < 1.29 is 39.4 Å². The van der Waals surface area contributed by atoms with Crippen LogP contribution in [0, 0.1) is 13.8 Å². The molecule has 14 N–H and O–H groups in total. The molecule has 0 unspecified atom stereocenters. The van der Waals surface area contributed by atoms with E-state index < -0.39 is 85.6 Å². The lowest BCUT2D eigenvalue weighted by atomic mass is 9.84. The average molecular weight is 588 g/mol. The number of benzene rings is 1. The van der Waals surface area contributed by atoms with Crippen LogP contribution in [0.2, 0.25) is 0 Å². The van der Waals surface area contributed by atoms with Crippen molar-refractivity contribution in [3.63, 3.8) is 0 Å². The van der Waals surface area contributed by atoms with Crippen LogP contribution in [0.3, 0.4) is 0 Å². The zero-order chi connectivity index (χ0) is 29.3. The van der Waals surface area contributed by atoms with Gasteiger partial charge in [0.05, 0.1) is 36.5 Å². The van der Waals surface area contributed by atoms with Crippen LogP contribution >= 0.6 is 11.8 Å². The number of aliphatic hydroxyl groups excluding tert-OH is 4. The lowest BCUT2D eigenvalue weighted by molar-refractivity contribution is -0.309. The fourth-order valence-electron chi connectivity index (χ4n) is 5.61. The summed E-state index contributed by atoms with van der Waals surface area (Å²) < 4.78 is 23.8. The molecule has 0 bridgehead atoms. The molecule has 13 nitrogen and oxygen atoms in total. The minimum atomic E-state index is -1.38. The Kier molecular flexibility index (Phi) is 10.8. The van der Waals surface area contributed by atoms with Gasteiger partial charge in [0, 0.05) is 29.3 Å². The third kappa shape index (κ3) is 6.82. The fourth-order valence-corrected chi connectivity index (χ4v) is 6.81. The molecule has 2 saturated heterocycles. The first kappa shape index (κ1) is 32.0. The molecule has 1 aliphatic carbocycles. The Morgan fingerprint density at radius 2 is 1.38 bits per heavy atom. The standard InChI is InChI=1S/C26H45N5O8S/c1-10-4-3-5-11(2)24(10)40-9-17-19(33)18(31)20(34)26(37-17)39-23-13(29)6-12(28)22(21(23)35)38-25-14(30)7-15(32)16(8-27)36-25/h3-5,12-23,25-26,32-35H,6-9,27-31H2,1-2H3/t12-,13+,14+,15-,16+,17+,18-,19+,20+,21-,22+,23-,25+,26+/m0/s1. The number of ether oxygens (including phenoxy) is 4. The summed E-state index contributed by atoms with van der Waals surface area (Å²) in [7, 11) is 0. The summed E-state index contributed by atoms with van der Waals surface area (Å²) in [5.41, 5.74) is 32.8. The van der Waals surface area contributed by atoms with Gasteiger partial charge in [0.15, 0.2) is 12.6 Å². The summed E-state index contributed by atoms with van der Waals surface area (Å²) in [4.78, 5) is 1.07. The molecule has 228 valence electrons. The van der Waals surface area contributed by atoms with Gasteiger partial charge in [-0.1, -0.05) is 18.2 Å². The molecule has 0 amide bonds. The Balaban J connectivity index is 1.44. The third-order valence-electron chi connectivity index (χ3n) is 8.04. The highest BCUT2D eigenvalue weighted by Crippen LogP contribution is 2.33. The van der Waals surface area contributed by atoms with Gasteiger partial charge in [-0.25, -0.2) is 0 Å². The van der Waals surface area contributed by atoms with E-state index in [2.05, 4.69) is 0 Å². The van der Waals surface area contributed by atoms with Crippen molar-refractivity contribution in [2.75, 3.05) is 12.3 Å². The third-order valence-corrected chi connectivity index (χ3v) is 9.46. The Bertz CT molecular complexity index is 963. The second kappa shape index (κ2) is 13.6. The minimum absolute atomic E-state index is 0.0650. The lowest BCUT2D eigenvalue weighted by Gasteiger charge is -2.48. The maximum Gasteiger partial charge on any atom is 0.186 e. The molecule has 14 heteroatoms. The normalized spacial score (nSPS) is 44.5. The van der Waals surface area contributed by atoms with Crippen LogP contribution < -0.4 is 28.7 Å². The maximum absolute atomic E-state index is 11.3. The van der Waals surface area contributed by atoms with Crippen LogP contribution in [0.1, 0.15) is 24.0 Å². The van der Waals surface area contributed by atoms with Crippen LogP contribution in [0.25, 0.3) is 0 Å². The predicted molar refractivity (Wildman–Crippen MR) is 148 cm³/mol. The van der Waals surface area contributed by atoms with Crippen molar-refractivity contribution in [1.29, 1.82) is 0 Å². The van der Waals surface area contributed by atoms with E-state index in [4.69, 9.17) is 47.6 Å². The van der Waals surface area contributed by atoms with Crippen LogP contribution in [0.5, 0.6) is 0 Å². The lowest BCUT2D eigenvalue weighted by Crippen LogP contribution is -2.68. The fraction of sp³-hybridized carbons (Fsp3) is 0.769. The largest absolute Gasteiger partial charge is 0.390 e. The second-order valence-electron chi connectivity index (χ2n) is 11.1. The monoisotopic (exact) mass is 587 g/mol. The van der Waals surface area contributed by atoms with E-state index in [0.717, 1.165) is 16.0 Å². The molecule has 0 radical (unpaired) electrons. The van der Waals surface area contributed by atoms with Crippen molar-refractivity contribution in [2.24, 2.45) is 28.7 Å². The first-order valence-corrected chi connectivity index (χ1v) is 14.7. The Morgan fingerprint density at radius 3 is 1.98 bits per heavy atom. The zero-order valence-electron chi connectivity index (χ0n) is 22.9. The molecule has 14 atom stereocenters. The number of thioether (sulfide) groups is 1. The topological polar surface area (TPSA) is 248 Å². The van der Waals surface area contributed by atoms with Gasteiger partial charge in [-0.15, -0.1) is 11.8 Å². The Morgan fingerprint density at radius 1 is 0.800 bits per heavy atom. The van der Waals surface area contributed by atoms with E-state index >= 15 is 0 Å². The predicted octanol–water partition coefficient (Wildman–Crippen LogP) is -2.88. The van der Waals surface area contributed by atoms with E-state index in [9.17, 15) is 20.4 Å². The van der Waals surface area contributed by atoms with Crippen molar-refractivity contribution in [3.8, 4) is 0 Å². The number of hydrogen-bond donors (Lipinski definition) is 9. The van der Waals surface area contributed by atoms with Gasteiger partial charge in [-0.05, 0) is 37.8 Å². The summed E-state index contributed by atoms with van der Waals surface area (Å²) in [6.07, 6.45) is -9.96. The van der Waals surface area contributed by atoms with Gasteiger partial charge in [-0.3, -0.25) is 0 Å². The summed E-state index contributed by atoms with van der Waals surface area (Å²) in [6.45, 7) is 4.08. The highest BCUT2D eigenvalue weighted by atomic mass is 32.2. The van der Waals surface area contributed by atoms with E-state index in [1.54, 1.807) is 0 Å². The Labute approximate surface area is 238 Å². The van der Waals surface area contributed by atoms with E-state index in [1.165, 1.54) is 11.8 Å². The smallest absolute Gasteiger partial charge is 0.186 e. The van der Waals surface area contributed by atoms with Gasteiger partial charge in [0.1, 0.15) is 24.4 Å². The Hall–Kier alpha value is -0.950. The molecular weight excluding hydrogens is 542 g/mol. The van der Waals surface area contributed by atoms with E-state index in [1.807, 2.05) is 32.0 Å². The molecule has 4 rings (SSSR count). The maximum atomic E-state index is 11.3. The van der Waals surface area contributed by atoms with Crippen LogP contribution in [0.4, 0.5) is 0 Å². The minimum Gasteiger partial charge on any atom is -0.390 e. The molecule has 1 aromatic carbocycles. The number of aliphatic hydroxyl groups is 4. The molecule has 2 aliphatic heterocycles. The highest BCUT2D eigenvalue weighted by Gasteiger charge is 2.50. The number of aryl methyl sites for hydroxylation is 2. The molecule has 3 aliphatic rings. The van der Waals surface area contributed by atoms with Crippen molar-refractivity contribution >= 4 is 11.8 Å². The molecule has 1 saturated carbocycles. The van der Waals surface area contributed by atoms with Gasteiger partial charge < -0.3 is 68.0 Å². The molecule has 2 heterocycles. The second-order valence-corrected chi connectivity index (χ2v) is 12.2. The van der Waals surface area contributed by atoms with E-state index in [0.29, 0.717) is 5.75 Å². The molecule has 1 aromatic rings. The SMILES string of the molecule is Cc1cccc(C)c1SC[C@H]1O[C@H](O[C@@H]2[C@@H](O)[C@H](O[C@H]3O[C@H](CN)[C@@H](O)C[C@H]3N)[C@@H](N)C[C@H]2N)[C@H](O)[C@@H](N)[C@@H]1O. The molecule has 3 fully saturated rings. The average Bonchev–Trinajstić information content (AvgIpc) is 2.90. The van der Waals surface area contributed by atoms with Gasteiger partial charge in [-0.2, -0.15) is 0 Å². The number of hydrogen-bond acceptors (Lipinski definition) is 14. The van der Waals surface area contributed by atoms with Crippen LogP contribution in [-0.4, -0.2) is 118 Å². The number of rotatable bonds is 8. The van der Waals surface area contributed by atoms with Crippen molar-refractivity contribution in [1.82, 2.24) is 0 Å². The molecule has 40 heavy (non-hydrogen) atoms. The van der Waals surface area contributed by atoms with Crippen molar-refractivity contribution in [2.45, 2.75) is 117 Å². The van der Waals surface area contributed by atoms with Gasteiger partial charge in [0.2, 0.25) is 0 Å². The van der Waals surface area contributed by atoms with E-state index in [-0.39, 0.29) is 19.4 Å². The highest BCUT2D eigenvalue weighted by molar-refractivity contribution is 7.99. The molecule has 0 spiro atoms. The summed E-state index contributed by atoms with van der Waals surface area (Å²) >= 11 is 1.52. The van der Waals surface area contributed by atoms with Crippen LogP contribution in [-0.2, 0) is 18.9 Å². The van der Waals surface area contributed by atoms with Crippen LogP contribution in [0.15, 0.2) is 23.1 Å². The molecule has 0 aromatic heterocycles.